The van der Waals surface area contributed by atoms with E-state index >= 15 is 0 Å². The Labute approximate surface area is 179 Å². The SMILES string of the molecule is Cc1nn(CC(=O)N(c2ccccc2)C(C)C)c(C)c1S(=O)(=O)N1CCC(C)CC1. The molecule has 164 valence electrons. The second-order valence-electron chi connectivity index (χ2n) is 8.44. The summed E-state index contributed by atoms with van der Waals surface area (Å²) in [6, 6.07) is 9.46. The molecule has 8 heteroatoms. The average molecular weight is 433 g/mol. The van der Waals surface area contributed by atoms with Crippen molar-refractivity contribution in [2.24, 2.45) is 5.92 Å². The Morgan fingerprint density at radius 3 is 2.33 bits per heavy atom. The standard InChI is InChI=1S/C22H32N4O3S/c1-16(2)26(20-9-7-6-8-10-20)21(27)15-25-19(5)22(18(4)23-25)30(28,29)24-13-11-17(3)12-14-24/h6-10,16-17H,11-15H2,1-5H3. The van der Waals surface area contributed by atoms with Gasteiger partial charge in [0.25, 0.3) is 0 Å². The van der Waals surface area contributed by atoms with E-state index in [4.69, 9.17) is 0 Å². The minimum Gasteiger partial charge on any atom is -0.308 e. The number of benzene rings is 1. The number of nitrogens with zero attached hydrogens (tertiary/aromatic N) is 4. The summed E-state index contributed by atoms with van der Waals surface area (Å²) >= 11 is 0. The number of anilines is 1. The van der Waals surface area contributed by atoms with E-state index in [1.165, 1.54) is 4.68 Å². The Bertz CT molecular complexity index is 991. The van der Waals surface area contributed by atoms with Crippen LogP contribution >= 0.6 is 0 Å². The highest BCUT2D eigenvalue weighted by atomic mass is 32.2. The van der Waals surface area contributed by atoms with Crippen LogP contribution in [-0.4, -0.2) is 47.5 Å². The zero-order valence-corrected chi connectivity index (χ0v) is 19.3. The van der Waals surface area contributed by atoms with Crippen molar-refractivity contribution < 1.29 is 13.2 Å². The third-order valence-corrected chi connectivity index (χ3v) is 7.91. The Hall–Kier alpha value is -2.19. The monoisotopic (exact) mass is 432 g/mol. The highest BCUT2D eigenvalue weighted by molar-refractivity contribution is 7.89. The summed E-state index contributed by atoms with van der Waals surface area (Å²) in [5.41, 5.74) is 1.76. The maximum Gasteiger partial charge on any atom is 0.248 e. The number of rotatable bonds is 6. The molecule has 0 aliphatic carbocycles. The number of piperidine rings is 1. The fraction of sp³-hybridized carbons (Fsp3) is 0.545. The van der Waals surface area contributed by atoms with Gasteiger partial charge in [-0.15, -0.1) is 0 Å². The molecular formula is C22H32N4O3S. The molecule has 1 saturated heterocycles. The van der Waals surface area contributed by atoms with Crippen LogP contribution in [0.3, 0.4) is 0 Å². The molecule has 1 aliphatic heterocycles. The Morgan fingerprint density at radius 1 is 1.17 bits per heavy atom. The van der Waals surface area contributed by atoms with E-state index in [0.717, 1.165) is 18.5 Å². The van der Waals surface area contributed by atoms with Gasteiger partial charge in [0.2, 0.25) is 15.9 Å². The van der Waals surface area contributed by atoms with Crippen molar-refractivity contribution in [1.29, 1.82) is 0 Å². The van der Waals surface area contributed by atoms with Crippen molar-refractivity contribution in [3.05, 3.63) is 41.7 Å². The van der Waals surface area contributed by atoms with Crippen molar-refractivity contribution in [2.45, 2.75) is 64.9 Å². The summed E-state index contributed by atoms with van der Waals surface area (Å²) in [4.78, 5) is 15.1. The van der Waals surface area contributed by atoms with Gasteiger partial charge < -0.3 is 4.90 Å². The fourth-order valence-corrected chi connectivity index (χ4v) is 5.93. The van der Waals surface area contributed by atoms with E-state index in [0.29, 0.717) is 30.4 Å². The Morgan fingerprint density at radius 2 is 1.77 bits per heavy atom. The van der Waals surface area contributed by atoms with E-state index in [1.807, 2.05) is 44.2 Å². The van der Waals surface area contributed by atoms with Gasteiger partial charge >= 0.3 is 0 Å². The van der Waals surface area contributed by atoms with Gasteiger partial charge in [0.05, 0.1) is 11.4 Å². The van der Waals surface area contributed by atoms with E-state index < -0.39 is 10.0 Å². The van der Waals surface area contributed by atoms with Gasteiger partial charge in [0, 0.05) is 24.8 Å². The lowest BCUT2D eigenvalue weighted by molar-refractivity contribution is -0.119. The highest BCUT2D eigenvalue weighted by Gasteiger charge is 2.33. The number of hydrogen-bond donors (Lipinski definition) is 0. The van der Waals surface area contributed by atoms with Gasteiger partial charge in [-0.3, -0.25) is 9.48 Å². The molecule has 3 rings (SSSR count). The van der Waals surface area contributed by atoms with Gasteiger partial charge in [-0.05, 0) is 58.6 Å². The van der Waals surface area contributed by atoms with E-state index in [-0.39, 0.29) is 23.4 Å². The molecule has 2 aromatic rings. The topological polar surface area (TPSA) is 75.5 Å². The summed E-state index contributed by atoms with van der Waals surface area (Å²) in [5.74, 6) is 0.413. The summed E-state index contributed by atoms with van der Waals surface area (Å²) in [6.45, 7) is 10.5. The third-order valence-electron chi connectivity index (χ3n) is 5.76. The number of aryl methyl sites for hydroxylation is 1. The molecule has 0 bridgehead atoms. The molecule has 0 saturated carbocycles. The number of amides is 1. The van der Waals surface area contributed by atoms with Crippen LogP contribution in [0, 0.1) is 19.8 Å². The molecule has 0 atom stereocenters. The molecule has 1 fully saturated rings. The second-order valence-corrected chi connectivity index (χ2v) is 10.3. The zero-order chi connectivity index (χ0) is 22.1. The third kappa shape index (κ3) is 4.44. The molecule has 1 aromatic heterocycles. The summed E-state index contributed by atoms with van der Waals surface area (Å²) in [5, 5.41) is 4.42. The Balaban J connectivity index is 1.87. The van der Waals surface area contributed by atoms with Crippen molar-refractivity contribution in [3.8, 4) is 0 Å². The number of carbonyl (C=O) groups excluding carboxylic acids is 1. The summed E-state index contributed by atoms with van der Waals surface area (Å²) in [6.07, 6.45) is 1.73. The van der Waals surface area contributed by atoms with Gasteiger partial charge in [-0.2, -0.15) is 9.40 Å². The maximum absolute atomic E-state index is 13.3. The molecule has 1 amide bonds. The van der Waals surface area contributed by atoms with Crippen molar-refractivity contribution in [3.63, 3.8) is 0 Å². The number of sulfonamides is 1. The molecule has 0 radical (unpaired) electrons. The highest BCUT2D eigenvalue weighted by Crippen LogP contribution is 2.28. The summed E-state index contributed by atoms with van der Waals surface area (Å²) < 4.78 is 29.6. The van der Waals surface area contributed by atoms with Gasteiger partial charge in [0.1, 0.15) is 11.4 Å². The van der Waals surface area contributed by atoms with Crippen molar-refractivity contribution >= 4 is 21.6 Å². The van der Waals surface area contributed by atoms with Crippen LogP contribution < -0.4 is 4.90 Å². The van der Waals surface area contributed by atoms with Gasteiger partial charge in [-0.1, -0.05) is 25.1 Å². The largest absolute Gasteiger partial charge is 0.308 e. The first-order chi connectivity index (χ1) is 14.1. The first kappa shape index (κ1) is 22.5. The minimum absolute atomic E-state index is 0.00764. The van der Waals surface area contributed by atoms with Crippen LogP contribution in [0.1, 0.15) is 45.0 Å². The van der Waals surface area contributed by atoms with Crippen LogP contribution in [0.4, 0.5) is 5.69 Å². The molecule has 0 unspecified atom stereocenters. The second kappa shape index (κ2) is 8.89. The normalized spacial score (nSPS) is 16.2. The number of para-hydroxylation sites is 1. The van der Waals surface area contributed by atoms with Gasteiger partial charge in [-0.25, -0.2) is 8.42 Å². The smallest absolute Gasteiger partial charge is 0.248 e. The first-order valence-electron chi connectivity index (χ1n) is 10.5. The lowest BCUT2D eigenvalue weighted by atomic mass is 10.0. The minimum atomic E-state index is -3.63. The molecule has 1 aromatic carbocycles. The first-order valence-corrected chi connectivity index (χ1v) is 12.0. The number of aromatic nitrogens is 2. The van der Waals surface area contributed by atoms with E-state index in [1.54, 1.807) is 23.1 Å². The van der Waals surface area contributed by atoms with Crippen LogP contribution in [0.2, 0.25) is 0 Å². The predicted octanol–water partition coefficient (Wildman–Crippen LogP) is 3.36. The van der Waals surface area contributed by atoms with Gasteiger partial charge in [0.15, 0.2) is 0 Å². The number of carbonyl (C=O) groups is 1. The quantitative estimate of drug-likeness (QED) is 0.701. The molecule has 2 heterocycles. The Kier molecular flexibility index (Phi) is 6.67. The molecule has 7 nitrogen and oxygen atoms in total. The lowest BCUT2D eigenvalue weighted by Gasteiger charge is -2.29. The van der Waals surface area contributed by atoms with Crippen molar-refractivity contribution in [1.82, 2.24) is 14.1 Å². The van der Waals surface area contributed by atoms with Crippen LogP contribution in [0.5, 0.6) is 0 Å². The maximum atomic E-state index is 13.3. The van der Waals surface area contributed by atoms with Crippen LogP contribution in [0.25, 0.3) is 0 Å². The number of hydrogen-bond acceptors (Lipinski definition) is 4. The molecule has 0 spiro atoms. The molecule has 0 N–H and O–H groups in total. The van der Waals surface area contributed by atoms with Crippen LogP contribution in [-0.2, 0) is 21.4 Å². The molecule has 30 heavy (non-hydrogen) atoms. The summed E-state index contributed by atoms with van der Waals surface area (Å²) in [7, 11) is -3.63. The lowest BCUT2D eigenvalue weighted by Crippen LogP contribution is -2.39. The van der Waals surface area contributed by atoms with Crippen LogP contribution in [0.15, 0.2) is 35.2 Å². The fourth-order valence-electron chi connectivity index (χ4n) is 4.09. The molecular weight excluding hydrogens is 400 g/mol. The zero-order valence-electron chi connectivity index (χ0n) is 18.5. The molecule has 1 aliphatic rings. The van der Waals surface area contributed by atoms with E-state index in [9.17, 15) is 13.2 Å². The van der Waals surface area contributed by atoms with Crippen molar-refractivity contribution in [2.75, 3.05) is 18.0 Å². The predicted molar refractivity (Wildman–Crippen MR) is 118 cm³/mol. The van der Waals surface area contributed by atoms with E-state index in [2.05, 4.69) is 12.0 Å². The average Bonchev–Trinajstić information content (AvgIpc) is 2.96.